The molecule has 0 aliphatic heterocycles. The van der Waals surface area contributed by atoms with Gasteiger partial charge in [0.1, 0.15) is 5.75 Å². The molecule has 0 radical (unpaired) electrons. The van der Waals surface area contributed by atoms with Crippen LogP contribution in [0.5, 0.6) is 5.75 Å². The second-order valence-electron chi connectivity index (χ2n) is 3.99. The zero-order valence-corrected chi connectivity index (χ0v) is 13.1. The Morgan fingerprint density at radius 2 is 1.95 bits per heavy atom. The molecule has 104 valence electrons. The Bertz CT molecular complexity index is 629. The highest BCUT2D eigenvalue weighted by atomic mass is 35.5. The molecule has 0 aliphatic rings. The van der Waals surface area contributed by atoms with Gasteiger partial charge in [-0.3, -0.25) is 4.79 Å². The molecular weight excluding hydrogens is 315 g/mol. The summed E-state index contributed by atoms with van der Waals surface area (Å²) in [6, 6.07) is 12.4. The van der Waals surface area contributed by atoms with Crippen LogP contribution in [0.4, 0.5) is 0 Å². The van der Waals surface area contributed by atoms with Crippen LogP contribution in [0.15, 0.2) is 47.4 Å². The number of ketones is 1. The summed E-state index contributed by atoms with van der Waals surface area (Å²) in [6.45, 7) is 0. The van der Waals surface area contributed by atoms with Crippen LogP contribution in [-0.4, -0.2) is 18.6 Å². The summed E-state index contributed by atoms with van der Waals surface area (Å²) >= 11 is 13.4. The minimum Gasteiger partial charge on any atom is -0.496 e. The van der Waals surface area contributed by atoms with E-state index >= 15 is 0 Å². The Balaban J connectivity index is 2.13. The van der Waals surface area contributed by atoms with Crippen LogP contribution < -0.4 is 4.74 Å². The largest absolute Gasteiger partial charge is 0.496 e. The molecule has 20 heavy (non-hydrogen) atoms. The van der Waals surface area contributed by atoms with Gasteiger partial charge in [-0.15, -0.1) is 11.8 Å². The molecule has 0 aliphatic carbocycles. The van der Waals surface area contributed by atoms with Gasteiger partial charge in [-0.1, -0.05) is 35.3 Å². The molecule has 2 aromatic carbocycles. The fourth-order valence-corrected chi connectivity index (χ4v) is 2.98. The van der Waals surface area contributed by atoms with Crippen molar-refractivity contribution in [2.24, 2.45) is 0 Å². The lowest BCUT2D eigenvalue weighted by Gasteiger charge is -2.08. The maximum absolute atomic E-state index is 12.3. The number of carbonyl (C=O) groups is 1. The summed E-state index contributed by atoms with van der Waals surface area (Å²) in [5, 5.41) is 1.15. The summed E-state index contributed by atoms with van der Waals surface area (Å²) in [7, 11) is 1.53. The monoisotopic (exact) mass is 326 g/mol. The van der Waals surface area contributed by atoms with Crippen molar-refractivity contribution in [1.82, 2.24) is 0 Å². The first-order chi connectivity index (χ1) is 9.61. The molecule has 0 N–H and O–H groups in total. The zero-order chi connectivity index (χ0) is 14.5. The fraction of sp³-hybridized carbons (Fsp3) is 0.133. The maximum Gasteiger partial charge on any atom is 0.176 e. The van der Waals surface area contributed by atoms with Gasteiger partial charge in [-0.2, -0.15) is 0 Å². The van der Waals surface area contributed by atoms with Gasteiger partial charge in [0, 0.05) is 9.92 Å². The van der Waals surface area contributed by atoms with Gasteiger partial charge in [0.15, 0.2) is 5.78 Å². The van der Waals surface area contributed by atoms with Crippen LogP contribution in [-0.2, 0) is 0 Å². The van der Waals surface area contributed by atoms with Gasteiger partial charge in [0.05, 0.1) is 23.4 Å². The number of halogens is 2. The van der Waals surface area contributed by atoms with Crippen LogP contribution in [0.1, 0.15) is 10.4 Å². The third kappa shape index (κ3) is 3.69. The summed E-state index contributed by atoms with van der Waals surface area (Å²) < 4.78 is 5.18. The highest BCUT2D eigenvalue weighted by Crippen LogP contribution is 2.29. The molecule has 2 rings (SSSR count). The number of thioether (sulfide) groups is 1. The quantitative estimate of drug-likeness (QED) is 0.572. The van der Waals surface area contributed by atoms with Crippen LogP contribution in [0.3, 0.4) is 0 Å². The normalized spacial score (nSPS) is 10.3. The number of hydrogen-bond donors (Lipinski definition) is 0. The second kappa shape index (κ2) is 7.02. The number of benzene rings is 2. The lowest BCUT2D eigenvalue weighted by atomic mass is 10.1. The van der Waals surface area contributed by atoms with Crippen molar-refractivity contribution in [3.05, 3.63) is 58.1 Å². The highest BCUT2D eigenvalue weighted by molar-refractivity contribution is 8.00. The Hall–Kier alpha value is -1.16. The zero-order valence-electron chi connectivity index (χ0n) is 10.7. The fourth-order valence-electron chi connectivity index (χ4n) is 1.68. The van der Waals surface area contributed by atoms with Crippen molar-refractivity contribution < 1.29 is 9.53 Å². The Morgan fingerprint density at radius 1 is 1.20 bits per heavy atom. The third-order valence-corrected chi connectivity index (χ3v) is 4.41. The van der Waals surface area contributed by atoms with Gasteiger partial charge < -0.3 is 4.74 Å². The lowest BCUT2D eigenvalue weighted by molar-refractivity contribution is 0.101. The molecule has 0 heterocycles. The minimum absolute atomic E-state index is 0.0470. The molecule has 2 nitrogen and oxygen atoms in total. The first kappa shape index (κ1) is 15.2. The number of hydrogen-bond acceptors (Lipinski definition) is 3. The molecule has 0 saturated heterocycles. The number of carbonyl (C=O) groups excluding carboxylic acids is 1. The van der Waals surface area contributed by atoms with E-state index in [-0.39, 0.29) is 11.5 Å². The molecule has 0 unspecified atom stereocenters. The number of ether oxygens (including phenoxy) is 1. The Labute approximate surface area is 132 Å². The lowest BCUT2D eigenvalue weighted by Crippen LogP contribution is -2.05. The molecule has 0 aromatic heterocycles. The van der Waals surface area contributed by atoms with Gasteiger partial charge in [0.25, 0.3) is 0 Å². The summed E-state index contributed by atoms with van der Waals surface area (Å²) in [4.78, 5) is 13.1. The summed E-state index contributed by atoms with van der Waals surface area (Å²) in [5.41, 5.74) is 0.486. The third-order valence-electron chi connectivity index (χ3n) is 2.66. The van der Waals surface area contributed by atoms with Crippen LogP contribution in [0.2, 0.25) is 10.0 Å². The first-order valence-electron chi connectivity index (χ1n) is 5.86. The van der Waals surface area contributed by atoms with Gasteiger partial charge in [-0.25, -0.2) is 0 Å². The van der Waals surface area contributed by atoms with Crippen molar-refractivity contribution in [3.63, 3.8) is 0 Å². The van der Waals surface area contributed by atoms with Crippen LogP contribution in [0.25, 0.3) is 0 Å². The SMILES string of the molecule is COc1ccc(Cl)cc1C(=O)CSc1ccccc1Cl. The van der Waals surface area contributed by atoms with E-state index in [1.807, 2.05) is 18.2 Å². The van der Waals surface area contributed by atoms with Gasteiger partial charge in [0.2, 0.25) is 0 Å². The van der Waals surface area contributed by atoms with E-state index in [1.54, 1.807) is 24.3 Å². The van der Waals surface area contributed by atoms with E-state index in [4.69, 9.17) is 27.9 Å². The van der Waals surface area contributed by atoms with E-state index in [9.17, 15) is 4.79 Å². The van der Waals surface area contributed by atoms with E-state index in [1.165, 1.54) is 18.9 Å². The smallest absolute Gasteiger partial charge is 0.176 e. The predicted molar refractivity (Wildman–Crippen MR) is 84.5 cm³/mol. The number of Topliss-reactive ketones (excluding diaryl/α,β-unsaturated/α-hetero) is 1. The highest BCUT2D eigenvalue weighted by Gasteiger charge is 2.14. The summed E-state index contributed by atoms with van der Waals surface area (Å²) in [6.07, 6.45) is 0. The maximum atomic E-state index is 12.3. The second-order valence-corrected chi connectivity index (χ2v) is 5.85. The Kier molecular flexibility index (Phi) is 5.35. The molecule has 2 aromatic rings. The van der Waals surface area contributed by atoms with Crippen molar-refractivity contribution in [3.8, 4) is 5.75 Å². The van der Waals surface area contributed by atoms with Crippen molar-refractivity contribution in [2.75, 3.05) is 12.9 Å². The van der Waals surface area contributed by atoms with Crippen LogP contribution in [0, 0.1) is 0 Å². The molecule has 5 heteroatoms. The van der Waals surface area contributed by atoms with Gasteiger partial charge in [-0.05, 0) is 30.3 Å². The van der Waals surface area contributed by atoms with Crippen molar-refractivity contribution >= 4 is 40.7 Å². The van der Waals surface area contributed by atoms with Crippen molar-refractivity contribution in [2.45, 2.75) is 4.90 Å². The molecule has 0 saturated carbocycles. The number of rotatable bonds is 5. The standard InChI is InChI=1S/C15H12Cl2O2S/c1-19-14-7-6-10(16)8-11(14)13(18)9-20-15-5-3-2-4-12(15)17/h2-8H,9H2,1H3. The topological polar surface area (TPSA) is 26.3 Å². The molecule has 0 fully saturated rings. The molecule has 0 amide bonds. The molecule has 0 bridgehead atoms. The first-order valence-corrected chi connectivity index (χ1v) is 7.60. The summed E-state index contributed by atoms with van der Waals surface area (Å²) in [5.74, 6) is 0.758. The molecule has 0 atom stereocenters. The Morgan fingerprint density at radius 3 is 2.65 bits per heavy atom. The van der Waals surface area contributed by atoms with E-state index in [0.29, 0.717) is 21.4 Å². The molecular formula is C15H12Cl2O2S. The average molecular weight is 327 g/mol. The van der Waals surface area contributed by atoms with E-state index < -0.39 is 0 Å². The predicted octanol–water partition coefficient (Wildman–Crippen LogP) is 4.98. The average Bonchev–Trinajstić information content (AvgIpc) is 2.46. The number of methoxy groups -OCH3 is 1. The minimum atomic E-state index is -0.0470. The van der Waals surface area contributed by atoms with Crippen molar-refractivity contribution in [1.29, 1.82) is 0 Å². The van der Waals surface area contributed by atoms with E-state index in [2.05, 4.69) is 0 Å². The van der Waals surface area contributed by atoms with Gasteiger partial charge >= 0.3 is 0 Å². The molecule has 0 spiro atoms. The van der Waals surface area contributed by atoms with Crippen LogP contribution >= 0.6 is 35.0 Å². The van der Waals surface area contributed by atoms with E-state index in [0.717, 1.165) is 4.90 Å².